The predicted molar refractivity (Wildman–Crippen MR) is 61.1 cm³/mol. The number of amides is 1. The molecular formula is C11H22N2O3. The summed E-state index contributed by atoms with van der Waals surface area (Å²) in [6.07, 6.45) is 1.20. The Bertz CT molecular complexity index is 219. The first-order valence-electron chi connectivity index (χ1n) is 5.79. The molecule has 2 atom stereocenters. The van der Waals surface area contributed by atoms with Gasteiger partial charge in [0.2, 0.25) is 5.91 Å². The number of ether oxygens (including phenoxy) is 2. The number of methoxy groups -OCH3 is 1. The summed E-state index contributed by atoms with van der Waals surface area (Å²) in [7, 11) is 1.58. The van der Waals surface area contributed by atoms with Crippen LogP contribution in [0.25, 0.3) is 0 Å². The summed E-state index contributed by atoms with van der Waals surface area (Å²) in [6.45, 7) is 4.53. The van der Waals surface area contributed by atoms with Crippen molar-refractivity contribution < 1.29 is 14.3 Å². The molecule has 1 aliphatic rings. The molecule has 5 nitrogen and oxygen atoms in total. The summed E-state index contributed by atoms with van der Waals surface area (Å²) in [5.41, 5.74) is 5.50. The fourth-order valence-corrected chi connectivity index (χ4v) is 1.81. The maximum absolute atomic E-state index is 12.0. The molecule has 1 rings (SSSR count). The molecule has 1 saturated heterocycles. The Hall–Kier alpha value is -0.650. The molecule has 0 saturated carbocycles. The van der Waals surface area contributed by atoms with Gasteiger partial charge >= 0.3 is 0 Å². The minimum absolute atomic E-state index is 0.106. The molecule has 0 radical (unpaired) electrons. The standard InChI is InChI=1S/C11H22N2O3/c1-9-8-13(4-3-5-16-9)11(14)6-10(7-12)15-2/h9-10H,3-8,12H2,1-2H3. The van der Waals surface area contributed by atoms with Crippen LogP contribution >= 0.6 is 0 Å². The van der Waals surface area contributed by atoms with Crippen molar-refractivity contribution in [3.8, 4) is 0 Å². The van der Waals surface area contributed by atoms with E-state index in [-0.39, 0.29) is 18.1 Å². The largest absolute Gasteiger partial charge is 0.380 e. The second-order valence-corrected chi connectivity index (χ2v) is 4.17. The Morgan fingerprint density at radius 2 is 2.44 bits per heavy atom. The van der Waals surface area contributed by atoms with E-state index >= 15 is 0 Å². The summed E-state index contributed by atoms with van der Waals surface area (Å²) >= 11 is 0. The van der Waals surface area contributed by atoms with Crippen molar-refractivity contribution in [2.45, 2.75) is 32.0 Å². The van der Waals surface area contributed by atoms with Crippen molar-refractivity contribution in [1.82, 2.24) is 4.90 Å². The van der Waals surface area contributed by atoms with Crippen molar-refractivity contribution >= 4 is 5.91 Å². The van der Waals surface area contributed by atoms with E-state index in [1.54, 1.807) is 7.11 Å². The van der Waals surface area contributed by atoms with Crippen LogP contribution in [-0.4, -0.2) is 56.4 Å². The average molecular weight is 230 g/mol. The highest BCUT2D eigenvalue weighted by Crippen LogP contribution is 2.08. The van der Waals surface area contributed by atoms with Crippen LogP contribution in [0.3, 0.4) is 0 Å². The van der Waals surface area contributed by atoms with E-state index in [9.17, 15) is 4.79 Å². The van der Waals surface area contributed by atoms with E-state index in [2.05, 4.69) is 0 Å². The van der Waals surface area contributed by atoms with E-state index < -0.39 is 0 Å². The Kier molecular flexibility index (Phi) is 5.73. The zero-order chi connectivity index (χ0) is 12.0. The van der Waals surface area contributed by atoms with Gasteiger partial charge in [-0.1, -0.05) is 0 Å². The van der Waals surface area contributed by atoms with Crippen LogP contribution in [0.2, 0.25) is 0 Å². The van der Waals surface area contributed by atoms with Crippen LogP contribution in [0.1, 0.15) is 19.8 Å². The fraction of sp³-hybridized carbons (Fsp3) is 0.909. The molecule has 2 unspecified atom stereocenters. The van der Waals surface area contributed by atoms with E-state index in [0.717, 1.165) is 19.6 Å². The zero-order valence-electron chi connectivity index (χ0n) is 10.1. The number of carbonyl (C=O) groups is 1. The van der Waals surface area contributed by atoms with Gasteiger partial charge in [0.1, 0.15) is 0 Å². The fourth-order valence-electron chi connectivity index (χ4n) is 1.81. The maximum Gasteiger partial charge on any atom is 0.225 e. The number of nitrogens with two attached hydrogens (primary N) is 1. The first kappa shape index (κ1) is 13.4. The van der Waals surface area contributed by atoms with Crippen molar-refractivity contribution in [3.63, 3.8) is 0 Å². The van der Waals surface area contributed by atoms with Crippen LogP contribution in [0.5, 0.6) is 0 Å². The summed E-state index contributed by atoms with van der Waals surface area (Å²) < 4.78 is 10.6. The van der Waals surface area contributed by atoms with Gasteiger partial charge in [0, 0.05) is 33.4 Å². The highest BCUT2D eigenvalue weighted by Gasteiger charge is 2.22. The van der Waals surface area contributed by atoms with Gasteiger partial charge < -0.3 is 20.1 Å². The Labute approximate surface area is 96.9 Å². The van der Waals surface area contributed by atoms with Crippen LogP contribution < -0.4 is 5.73 Å². The molecule has 0 bridgehead atoms. The molecule has 94 valence electrons. The predicted octanol–water partition coefficient (Wildman–Crippen LogP) is -0.0124. The highest BCUT2D eigenvalue weighted by atomic mass is 16.5. The lowest BCUT2D eigenvalue weighted by molar-refractivity contribution is -0.134. The van der Waals surface area contributed by atoms with Gasteiger partial charge in [-0.3, -0.25) is 4.79 Å². The molecule has 0 aromatic rings. The lowest BCUT2D eigenvalue weighted by Gasteiger charge is -2.24. The maximum atomic E-state index is 12.0. The van der Waals surface area contributed by atoms with Crippen molar-refractivity contribution in [2.75, 3.05) is 33.4 Å². The zero-order valence-corrected chi connectivity index (χ0v) is 10.1. The monoisotopic (exact) mass is 230 g/mol. The molecule has 5 heteroatoms. The summed E-state index contributed by atoms with van der Waals surface area (Å²) in [5.74, 6) is 0.106. The van der Waals surface area contributed by atoms with Gasteiger partial charge in [-0.25, -0.2) is 0 Å². The Morgan fingerprint density at radius 1 is 1.69 bits per heavy atom. The van der Waals surface area contributed by atoms with Crippen LogP contribution in [-0.2, 0) is 14.3 Å². The van der Waals surface area contributed by atoms with E-state index in [1.165, 1.54) is 0 Å². The van der Waals surface area contributed by atoms with Crippen molar-refractivity contribution in [2.24, 2.45) is 5.73 Å². The second kappa shape index (κ2) is 6.83. The summed E-state index contributed by atoms with van der Waals surface area (Å²) in [5, 5.41) is 0. The topological polar surface area (TPSA) is 64.8 Å². The lowest BCUT2D eigenvalue weighted by Crippen LogP contribution is -2.39. The van der Waals surface area contributed by atoms with Crippen LogP contribution in [0.4, 0.5) is 0 Å². The number of carbonyl (C=O) groups excluding carboxylic acids is 1. The number of nitrogens with zero attached hydrogens (tertiary/aromatic N) is 1. The Balaban J connectivity index is 2.44. The van der Waals surface area contributed by atoms with E-state index in [4.69, 9.17) is 15.2 Å². The third kappa shape index (κ3) is 4.08. The molecule has 1 fully saturated rings. The van der Waals surface area contributed by atoms with Crippen LogP contribution in [0, 0.1) is 0 Å². The molecule has 0 aromatic carbocycles. The van der Waals surface area contributed by atoms with Gasteiger partial charge in [-0.05, 0) is 13.3 Å². The third-order valence-corrected chi connectivity index (χ3v) is 2.80. The molecule has 1 aliphatic heterocycles. The van der Waals surface area contributed by atoms with Gasteiger partial charge in [0.05, 0.1) is 18.6 Å². The molecule has 0 aliphatic carbocycles. The van der Waals surface area contributed by atoms with Gasteiger partial charge in [0.25, 0.3) is 0 Å². The molecule has 1 heterocycles. The molecule has 0 spiro atoms. The average Bonchev–Trinajstić information content (AvgIpc) is 2.50. The smallest absolute Gasteiger partial charge is 0.225 e. The van der Waals surface area contributed by atoms with Gasteiger partial charge in [-0.15, -0.1) is 0 Å². The minimum Gasteiger partial charge on any atom is -0.380 e. The van der Waals surface area contributed by atoms with Crippen LogP contribution in [0.15, 0.2) is 0 Å². The molecule has 1 amide bonds. The number of hydrogen-bond donors (Lipinski definition) is 1. The number of hydrogen-bond acceptors (Lipinski definition) is 4. The van der Waals surface area contributed by atoms with Crippen molar-refractivity contribution in [3.05, 3.63) is 0 Å². The molecule has 16 heavy (non-hydrogen) atoms. The third-order valence-electron chi connectivity index (χ3n) is 2.80. The lowest BCUT2D eigenvalue weighted by atomic mass is 10.2. The summed E-state index contributed by atoms with van der Waals surface area (Å²) in [4.78, 5) is 13.8. The first-order valence-corrected chi connectivity index (χ1v) is 5.79. The Morgan fingerprint density at radius 3 is 3.06 bits per heavy atom. The van der Waals surface area contributed by atoms with E-state index in [0.29, 0.717) is 19.5 Å². The quantitative estimate of drug-likeness (QED) is 0.737. The van der Waals surface area contributed by atoms with Crippen molar-refractivity contribution in [1.29, 1.82) is 0 Å². The van der Waals surface area contributed by atoms with Gasteiger partial charge in [0.15, 0.2) is 0 Å². The van der Waals surface area contributed by atoms with Gasteiger partial charge in [-0.2, -0.15) is 0 Å². The first-order chi connectivity index (χ1) is 7.67. The molecule has 2 N–H and O–H groups in total. The summed E-state index contributed by atoms with van der Waals surface area (Å²) in [6, 6.07) is 0. The number of rotatable bonds is 4. The normalized spacial score (nSPS) is 23.9. The second-order valence-electron chi connectivity index (χ2n) is 4.17. The highest BCUT2D eigenvalue weighted by molar-refractivity contribution is 5.76. The minimum atomic E-state index is -0.174. The SMILES string of the molecule is COC(CN)CC(=O)N1CCCOC(C)C1. The molecule has 0 aromatic heterocycles. The van der Waals surface area contributed by atoms with E-state index in [1.807, 2.05) is 11.8 Å². The molecular weight excluding hydrogens is 208 g/mol.